The van der Waals surface area contributed by atoms with Crippen LogP contribution < -0.4 is 0 Å². The third-order valence-corrected chi connectivity index (χ3v) is 4.67. The van der Waals surface area contributed by atoms with E-state index in [1.807, 2.05) is 0 Å². The molecule has 3 heteroatoms. The second-order valence-electron chi connectivity index (χ2n) is 6.13. The number of hydrogen-bond acceptors (Lipinski definition) is 1. The fourth-order valence-corrected chi connectivity index (χ4v) is 3.70. The van der Waals surface area contributed by atoms with E-state index in [0.717, 1.165) is 6.42 Å². The van der Waals surface area contributed by atoms with E-state index in [1.54, 1.807) is 0 Å². The van der Waals surface area contributed by atoms with Crippen molar-refractivity contribution in [1.82, 2.24) is 9.88 Å². The number of aromatic amines is 1. The maximum atomic E-state index is 3.65. The van der Waals surface area contributed by atoms with Crippen LogP contribution in [-0.2, 0) is 6.42 Å². The molecule has 1 atom stereocenters. The summed E-state index contributed by atoms with van der Waals surface area (Å²) in [6.45, 7) is 0. The van der Waals surface area contributed by atoms with Crippen molar-refractivity contribution in [3.05, 3.63) is 59.7 Å². The topological polar surface area (TPSA) is 19.0 Å². The van der Waals surface area contributed by atoms with Gasteiger partial charge in [0.15, 0.2) is 0 Å². The van der Waals surface area contributed by atoms with E-state index in [0.29, 0.717) is 6.04 Å². The fourth-order valence-electron chi connectivity index (χ4n) is 3.70. The number of rotatable bonds is 2. The molecule has 1 unspecified atom stereocenters. The molecule has 22 heavy (non-hydrogen) atoms. The van der Waals surface area contributed by atoms with Crippen molar-refractivity contribution in [2.45, 2.75) is 18.9 Å². The minimum atomic E-state index is 0. The van der Waals surface area contributed by atoms with Crippen molar-refractivity contribution in [3.63, 3.8) is 0 Å². The van der Waals surface area contributed by atoms with E-state index in [4.69, 9.17) is 0 Å². The van der Waals surface area contributed by atoms with Crippen LogP contribution in [0.4, 0.5) is 0 Å². The van der Waals surface area contributed by atoms with Gasteiger partial charge in [-0.25, -0.2) is 0 Å². The summed E-state index contributed by atoms with van der Waals surface area (Å²) in [5.41, 5.74) is 6.82. The van der Waals surface area contributed by atoms with Gasteiger partial charge < -0.3 is 9.88 Å². The lowest BCUT2D eigenvalue weighted by molar-refractivity contribution is 0.282. The molecule has 1 aliphatic carbocycles. The lowest BCUT2D eigenvalue weighted by atomic mass is 9.86. The number of H-pyrrole nitrogens is 1. The normalized spacial score (nSPS) is 16.8. The maximum Gasteiger partial charge on any atom is 0.0497 e. The van der Waals surface area contributed by atoms with Gasteiger partial charge in [-0.2, -0.15) is 0 Å². The van der Waals surface area contributed by atoms with E-state index >= 15 is 0 Å². The Morgan fingerprint density at radius 1 is 1.00 bits per heavy atom. The molecule has 3 aromatic rings. The molecular weight excluding hydrogens is 292 g/mol. The highest BCUT2D eigenvalue weighted by Crippen LogP contribution is 2.41. The summed E-state index contributed by atoms with van der Waals surface area (Å²) in [6, 6.07) is 17.9. The minimum Gasteiger partial charge on any atom is -0.354 e. The summed E-state index contributed by atoms with van der Waals surface area (Å²) in [4.78, 5) is 5.99. The first-order valence-electron chi connectivity index (χ1n) is 7.61. The molecule has 0 saturated heterocycles. The van der Waals surface area contributed by atoms with Gasteiger partial charge in [0.25, 0.3) is 0 Å². The molecule has 0 radical (unpaired) electrons. The van der Waals surface area contributed by atoms with Crippen molar-refractivity contribution >= 4 is 23.3 Å². The van der Waals surface area contributed by atoms with Gasteiger partial charge >= 0.3 is 0 Å². The van der Waals surface area contributed by atoms with Crippen LogP contribution in [0, 0.1) is 0 Å². The van der Waals surface area contributed by atoms with Crippen LogP contribution in [0.2, 0.25) is 0 Å². The van der Waals surface area contributed by atoms with Gasteiger partial charge in [0.2, 0.25) is 0 Å². The van der Waals surface area contributed by atoms with Crippen LogP contribution in [0.25, 0.3) is 22.2 Å². The van der Waals surface area contributed by atoms with Crippen LogP contribution >= 0.6 is 12.4 Å². The standard InChI is InChI=1S/C19H20N2.ClH/c1-21(2)17-12-11-15-18-14(17)9-6-10-16(18)20-19(15)13-7-4-3-5-8-13;/h3-10,17,20H,11-12H2,1-2H3;1H. The molecule has 1 heterocycles. The number of nitrogens with zero attached hydrogens (tertiary/aromatic N) is 1. The first-order valence-corrected chi connectivity index (χ1v) is 7.61. The van der Waals surface area contributed by atoms with Gasteiger partial charge in [-0.3, -0.25) is 0 Å². The Kier molecular flexibility index (Phi) is 3.98. The van der Waals surface area contributed by atoms with E-state index in [9.17, 15) is 0 Å². The summed E-state index contributed by atoms with van der Waals surface area (Å²) in [7, 11) is 4.36. The number of benzene rings is 2. The van der Waals surface area contributed by atoms with E-state index in [-0.39, 0.29) is 12.4 Å². The quantitative estimate of drug-likeness (QED) is 0.719. The monoisotopic (exact) mass is 312 g/mol. The molecule has 2 nitrogen and oxygen atoms in total. The maximum absolute atomic E-state index is 3.65. The summed E-state index contributed by atoms with van der Waals surface area (Å²) >= 11 is 0. The van der Waals surface area contributed by atoms with Gasteiger partial charge in [-0.1, -0.05) is 42.5 Å². The summed E-state index contributed by atoms with van der Waals surface area (Å²) in [6.07, 6.45) is 2.33. The predicted octanol–water partition coefficient (Wildman–Crippen LogP) is 4.81. The fraction of sp³-hybridized carbons (Fsp3) is 0.263. The first-order chi connectivity index (χ1) is 10.3. The summed E-state index contributed by atoms with van der Waals surface area (Å²) in [5, 5.41) is 1.45. The van der Waals surface area contributed by atoms with E-state index < -0.39 is 0 Å². The van der Waals surface area contributed by atoms with Crippen LogP contribution in [-0.4, -0.2) is 24.0 Å². The lowest BCUT2D eigenvalue weighted by Gasteiger charge is -2.29. The Labute approximate surface area is 137 Å². The molecule has 0 fully saturated rings. The Balaban J connectivity index is 0.00000144. The largest absolute Gasteiger partial charge is 0.354 e. The molecule has 0 amide bonds. The number of hydrogen-bond donors (Lipinski definition) is 1. The van der Waals surface area contributed by atoms with Gasteiger partial charge in [-0.15, -0.1) is 12.4 Å². The average molecular weight is 313 g/mol. The SMILES string of the molecule is CN(C)C1CCc2c(-c3ccccc3)[nH]c3cccc1c23.Cl. The van der Waals surface area contributed by atoms with Crippen LogP contribution in [0.1, 0.15) is 23.6 Å². The van der Waals surface area contributed by atoms with Crippen molar-refractivity contribution in [1.29, 1.82) is 0 Å². The molecular formula is C19H21ClN2. The molecule has 0 spiro atoms. The Hall–Kier alpha value is -1.77. The third kappa shape index (κ3) is 2.23. The predicted molar refractivity (Wildman–Crippen MR) is 95.7 cm³/mol. The van der Waals surface area contributed by atoms with E-state index in [1.165, 1.54) is 39.7 Å². The minimum absolute atomic E-state index is 0. The first kappa shape index (κ1) is 15.1. The average Bonchev–Trinajstić information content (AvgIpc) is 2.89. The zero-order valence-corrected chi connectivity index (χ0v) is 13.8. The van der Waals surface area contributed by atoms with Crippen LogP contribution in [0.5, 0.6) is 0 Å². The summed E-state index contributed by atoms with van der Waals surface area (Å²) in [5.74, 6) is 0. The molecule has 114 valence electrons. The van der Waals surface area contributed by atoms with Crippen molar-refractivity contribution in [3.8, 4) is 11.3 Å². The second-order valence-corrected chi connectivity index (χ2v) is 6.13. The van der Waals surface area contributed by atoms with Gasteiger partial charge in [-0.05, 0) is 49.7 Å². The zero-order chi connectivity index (χ0) is 14.4. The number of halogens is 1. The number of nitrogens with one attached hydrogen (secondary N) is 1. The highest BCUT2D eigenvalue weighted by atomic mass is 35.5. The van der Waals surface area contributed by atoms with Gasteiger partial charge in [0.1, 0.15) is 0 Å². The van der Waals surface area contributed by atoms with Crippen LogP contribution in [0.3, 0.4) is 0 Å². The third-order valence-electron chi connectivity index (χ3n) is 4.67. The molecule has 1 N–H and O–H groups in total. The van der Waals surface area contributed by atoms with Gasteiger partial charge in [0.05, 0.1) is 0 Å². The number of aryl methyl sites for hydroxylation is 1. The molecule has 2 aromatic carbocycles. The second kappa shape index (κ2) is 5.79. The number of aromatic nitrogens is 1. The molecule has 0 bridgehead atoms. The van der Waals surface area contributed by atoms with Gasteiger partial charge in [0, 0.05) is 22.6 Å². The van der Waals surface area contributed by atoms with Crippen molar-refractivity contribution in [2.24, 2.45) is 0 Å². The smallest absolute Gasteiger partial charge is 0.0497 e. The molecule has 1 aromatic heterocycles. The Morgan fingerprint density at radius 2 is 1.77 bits per heavy atom. The van der Waals surface area contributed by atoms with Crippen LogP contribution in [0.15, 0.2) is 48.5 Å². The molecule has 1 aliphatic rings. The highest BCUT2D eigenvalue weighted by Gasteiger charge is 2.26. The molecule has 0 saturated carbocycles. The highest BCUT2D eigenvalue weighted by molar-refractivity contribution is 5.94. The zero-order valence-electron chi connectivity index (χ0n) is 13.0. The molecule has 4 rings (SSSR count). The summed E-state index contributed by atoms with van der Waals surface area (Å²) < 4.78 is 0. The van der Waals surface area contributed by atoms with Crippen molar-refractivity contribution in [2.75, 3.05) is 14.1 Å². The lowest BCUT2D eigenvalue weighted by Crippen LogP contribution is -2.23. The van der Waals surface area contributed by atoms with E-state index in [2.05, 4.69) is 72.5 Å². The molecule has 0 aliphatic heterocycles. The van der Waals surface area contributed by atoms with Crippen molar-refractivity contribution < 1.29 is 0 Å². The Morgan fingerprint density at radius 3 is 2.50 bits per heavy atom. The Bertz CT molecular complexity index is 790.